The Kier molecular flexibility index (Phi) is 6.09. The van der Waals surface area contributed by atoms with E-state index in [-0.39, 0.29) is 0 Å². The van der Waals surface area contributed by atoms with Gasteiger partial charge in [-0.2, -0.15) is 0 Å². The van der Waals surface area contributed by atoms with Crippen LogP contribution < -0.4 is 0 Å². The highest BCUT2D eigenvalue weighted by Crippen LogP contribution is 2.10. The lowest BCUT2D eigenvalue weighted by molar-refractivity contribution is -0.132. The molecule has 0 unspecified atom stereocenters. The fourth-order valence-electron chi connectivity index (χ4n) is 1.63. The van der Waals surface area contributed by atoms with Gasteiger partial charge < -0.3 is 10.2 Å². The van der Waals surface area contributed by atoms with Crippen molar-refractivity contribution >= 4 is 18.0 Å². The van der Waals surface area contributed by atoms with Crippen LogP contribution in [0.2, 0.25) is 0 Å². The third-order valence-electron chi connectivity index (χ3n) is 2.47. The molecule has 1 aromatic rings. The van der Waals surface area contributed by atoms with Gasteiger partial charge in [0.15, 0.2) is 0 Å². The second-order valence-corrected chi connectivity index (χ2v) is 4.05. The average molecular weight is 260 g/mol. The SMILES string of the molecule is O=C(O)C=Cc1cccc(CCC/C=C\C(=O)O)c1. The molecule has 0 aliphatic carbocycles. The smallest absolute Gasteiger partial charge is 0.328 e. The number of carboxylic acids is 2. The largest absolute Gasteiger partial charge is 0.478 e. The van der Waals surface area contributed by atoms with Crippen molar-refractivity contribution in [1.29, 1.82) is 0 Å². The van der Waals surface area contributed by atoms with Crippen molar-refractivity contribution in [1.82, 2.24) is 0 Å². The molecule has 2 N–H and O–H groups in total. The van der Waals surface area contributed by atoms with Crippen LogP contribution in [0.25, 0.3) is 6.08 Å². The van der Waals surface area contributed by atoms with Crippen molar-refractivity contribution < 1.29 is 19.8 Å². The van der Waals surface area contributed by atoms with Gasteiger partial charge in [0.25, 0.3) is 0 Å². The summed E-state index contributed by atoms with van der Waals surface area (Å²) in [5.41, 5.74) is 1.96. The number of allylic oxidation sites excluding steroid dienone is 1. The van der Waals surface area contributed by atoms with Crippen molar-refractivity contribution in [3.63, 3.8) is 0 Å². The summed E-state index contributed by atoms with van der Waals surface area (Å²) < 4.78 is 0. The summed E-state index contributed by atoms with van der Waals surface area (Å²) >= 11 is 0. The Hall–Kier alpha value is -2.36. The second kappa shape index (κ2) is 7.87. The molecule has 19 heavy (non-hydrogen) atoms. The molecule has 4 nitrogen and oxygen atoms in total. The van der Waals surface area contributed by atoms with Crippen LogP contribution in [0.5, 0.6) is 0 Å². The molecular weight excluding hydrogens is 244 g/mol. The minimum atomic E-state index is -0.968. The summed E-state index contributed by atoms with van der Waals surface area (Å²) in [5, 5.41) is 17.0. The molecule has 0 aliphatic rings. The Bertz CT molecular complexity index is 501. The Balaban J connectivity index is 2.48. The molecule has 0 aliphatic heterocycles. The first-order chi connectivity index (χ1) is 9.08. The summed E-state index contributed by atoms with van der Waals surface area (Å²) in [5.74, 6) is -1.90. The van der Waals surface area contributed by atoms with Gasteiger partial charge in [0.2, 0.25) is 0 Å². The van der Waals surface area contributed by atoms with E-state index in [4.69, 9.17) is 10.2 Å². The van der Waals surface area contributed by atoms with E-state index in [2.05, 4.69) is 0 Å². The van der Waals surface area contributed by atoms with Gasteiger partial charge in [-0.05, 0) is 36.5 Å². The van der Waals surface area contributed by atoms with Crippen molar-refractivity contribution in [2.45, 2.75) is 19.3 Å². The first-order valence-electron chi connectivity index (χ1n) is 5.97. The number of aliphatic carboxylic acids is 2. The highest BCUT2D eigenvalue weighted by atomic mass is 16.4. The zero-order valence-electron chi connectivity index (χ0n) is 10.5. The quantitative estimate of drug-likeness (QED) is 0.584. The maximum Gasteiger partial charge on any atom is 0.328 e. The van der Waals surface area contributed by atoms with Crippen LogP contribution in [0.1, 0.15) is 24.0 Å². The maximum absolute atomic E-state index is 10.4. The fourth-order valence-corrected chi connectivity index (χ4v) is 1.63. The molecule has 0 spiro atoms. The normalized spacial score (nSPS) is 11.2. The van der Waals surface area contributed by atoms with Crippen molar-refractivity contribution in [3.8, 4) is 0 Å². The summed E-state index contributed by atoms with van der Waals surface area (Å²) in [6.45, 7) is 0. The second-order valence-electron chi connectivity index (χ2n) is 4.05. The van der Waals surface area contributed by atoms with E-state index in [1.807, 2.05) is 24.3 Å². The molecule has 1 rings (SSSR count). The topological polar surface area (TPSA) is 74.6 Å². The van der Waals surface area contributed by atoms with Crippen LogP contribution in [0.3, 0.4) is 0 Å². The number of hydrogen-bond donors (Lipinski definition) is 2. The van der Waals surface area contributed by atoms with Gasteiger partial charge in [0, 0.05) is 12.2 Å². The highest BCUT2D eigenvalue weighted by Gasteiger charge is 1.95. The van der Waals surface area contributed by atoms with Crippen LogP contribution in [0.15, 0.2) is 42.5 Å². The van der Waals surface area contributed by atoms with Crippen LogP contribution in [0, 0.1) is 0 Å². The van der Waals surface area contributed by atoms with Gasteiger partial charge >= 0.3 is 11.9 Å². The van der Waals surface area contributed by atoms with Gasteiger partial charge in [-0.1, -0.05) is 30.3 Å². The first kappa shape index (κ1) is 14.7. The Morgan fingerprint density at radius 3 is 2.53 bits per heavy atom. The fraction of sp³-hybridized carbons (Fsp3) is 0.200. The number of rotatable bonds is 7. The molecule has 0 saturated heterocycles. The van der Waals surface area contributed by atoms with Gasteiger partial charge in [-0.15, -0.1) is 0 Å². The van der Waals surface area contributed by atoms with E-state index in [0.29, 0.717) is 6.42 Å². The lowest BCUT2D eigenvalue weighted by Crippen LogP contribution is -1.89. The number of aryl methyl sites for hydroxylation is 1. The molecule has 0 atom stereocenters. The van der Waals surface area contributed by atoms with Gasteiger partial charge in [0.1, 0.15) is 0 Å². The predicted molar refractivity (Wildman–Crippen MR) is 72.8 cm³/mol. The lowest BCUT2D eigenvalue weighted by atomic mass is 10.0. The highest BCUT2D eigenvalue weighted by molar-refractivity contribution is 5.85. The molecule has 0 amide bonds. The monoisotopic (exact) mass is 260 g/mol. The van der Waals surface area contributed by atoms with Crippen LogP contribution in [-0.2, 0) is 16.0 Å². The molecule has 1 aromatic carbocycles. The molecule has 0 heterocycles. The lowest BCUT2D eigenvalue weighted by Gasteiger charge is -2.01. The van der Waals surface area contributed by atoms with E-state index in [1.165, 1.54) is 0 Å². The Morgan fingerprint density at radius 2 is 1.84 bits per heavy atom. The molecular formula is C15H16O4. The third-order valence-corrected chi connectivity index (χ3v) is 2.47. The third kappa shape index (κ3) is 6.83. The molecule has 0 radical (unpaired) electrons. The number of carboxylic acid groups (broad SMARTS) is 2. The zero-order chi connectivity index (χ0) is 14.1. The number of unbranched alkanes of at least 4 members (excludes halogenated alkanes) is 1. The Labute approximate surface area is 111 Å². The summed E-state index contributed by atoms with van der Waals surface area (Å²) in [6, 6.07) is 7.62. The number of hydrogen-bond acceptors (Lipinski definition) is 2. The van der Waals surface area contributed by atoms with E-state index >= 15 is 0 Å². The summed E-state index contributed by atoms with van der Waals surface area (Å²) in [7, 11) is 0. The van der Waals surface area contributed by atoms with Crippen molar-refractivity contribution in [2.75, 3.05) is 0 Å². The van der Waals surface area contributed by atoms with Crippen LogP contribution in [-0.4, -0.2) is 22.2 Å². The van der Waals surface area contributed by atoms with Gasteiger partial charge in [-0.25, -0.2) is 9.59 Å². The molecule has 0 fully saturated rings. The van der Waals surface area contributed by atoms with Crippen LogP contribution >= 0.6 is 0 Å². The zero-order valence-corrected chi connectivity index (χ0v) is 10.5. The first-order valence-corrected chi connectivity index (χ1v) is 5.97. The van der Waals surface area contributed by atoms with E-state index in [1.54, 1.807) is 12.2 Å². The Morgan fingerprint density at radius 1 is 1.11 bits per heavy atom. The van der Waals surface area contributed by atoms with Crippen LogP contribution in [0.4, 0.5) is 0 Å². The van der Waals surface area contributed by atoms with Crippen molar-refractivity contribution in [2.24, 2.45) is 0 Å². The van der Waals surface area contributed by atoms with Gasteiger partial charge in [-0.3, -0.25) is 0 Å². The maximum atomic E-state index is 10.4. The van der Waals surface area contributed by atoms with E-state index in [9.17, 15) is 9.59 Å². The molecule has 0 saturated carbocycles. The molecule has 0 aromatic heterocycles. The predicted octanol–water partition coefficient (Wildman–Crippen LogP) is 2.75. The number of benzene rings is 1. The minimum Gasteiger partial charge on any atom is -0.478 e. The van der Waals surface area contributed by atoms with E-state index < -0.39 is 11.9 Å². The molecule has 100 valence electrons. The van der Waals surface area contributed by atoms with Gasteiger partial charge in [0.05, 0.1) is 0 Å². The standard InChI is InChI=1S/C15H16O4/c16-14(17)8-3-1-2-5-12-6-4-7-13(11-12)9-10-15(18)19/h3-4,6-11H,1-2,5H2,(H,16,17)(H,18,19)/b8-3-,10-9?. The van der Waals surface area contributed by atoms with E-state index in [0.717, 1.165) is 36.1 Å². The summed E-state index contributed by atoms with van der Waals surface area (Å²) in [6.07, 6.45) is 7.84. The number of carbonyl (C=O) groups is 2. The molecule has 4 heteroatoms. The summed E-state index contributed by atoms with van der Waals surface area (Å²) in [4.78, 5) is 20.7. The van der Waals surface area contributed by atoms with Crippen molar-refractivity contribution in [3.05, 3.63) is 53.6 Å². The molecule has 0 bridgehead atoms. The minimum absolute atomic E-state index is 0.710. The average Bonchev–Trinajstić information content (AvgIpc) is 2.36.